The van der Waals surface area contributed by atoms with E-state index in [0.717, 1.165) is 24.2 Å². The summed E-state index contributed by atoms with van der Waals surface area (Å²) in [7, 11) is 1.67. The molecule has 2 unspecified atom stereocenters. The lowest BCUT2D eigenvalue weighted by molar-refractivity contribution is 0.412. The molecule has 3 rings (SSSR count). The van der Waals surface area contributed by atoms with E-state index in [-0.39, 0.29) is 11.3 Å². The number of rotatable bonds is 3. The third-order valence-corrected chi connectivity index (χ3v) is 4.77. The first-order valence-corrected chi connectivity index (χ1v) is 7.44. The molecular formula is C14H17N3O2S. The maximum absolute atomic E-state index is 6.40. The van der Waals surface area contributed by atoms with Crippen LogP contribution in [0.5, 0.6) is 5.75 Å². The zero-order chi connectivity index (χ0) is 14.1. The van der Waals surface area contributed by atoms with Crippen molar-refractivity contribution in [2.45, 2.75) is 36.3 Å². The quantitative estimate of drug-likeness (QED) is 0.936. The number of nitrogens with zero attached hydrogens (tertiary/aromatic N) is 2. The first-order chi connectivity index (χ1) is 9.67. The van der Waals surface area contributed by atoms with Crippen molar-refractivity contribution in [3.8, 4) is 5.75 Å². The highest BCUT2D eigenvalue weighted by molar-refractivity contribution is 7.99. The Labute approximate surface area is 121 Å². The van der Waals surface area contributed by atoms with Gasteiger partial charge in [0.05, 0.1) is 7.11 Å². The van der Waals surface area contributed by atoms with E-state index in [9.17, 15) is 0 Å². The summed E-state index contributed by atoms with van der Waals surface area (Å²) in [6.45, 7) is 1.79. The summed E-state index contributed by atoms with van der Waals surface area (Å²) in [5, 5.41) is 8.72. The lowest BCUT2D eigenvalue weighted by atomic mass is 9.87. The Balaban J connectivity index is 1.82. The molecule has 0 saturated heterocycles. The maximum Gasteiger partial charge on any atom is 0.276 e. The average Bonchev–Trinajstić information content (AvgIpc) is 2.87. The molecule has 2 aromatic rings. The molecule has 1 aliphatic carbocycles. The molecule has 6 heteroatoms. The Kier molecular flexibility index (Phi) is 3.67. The minimum Gasteiger partial charge on any atom is -0.497 e. The lowest BCUT2D eigenvalue weighted by Crippen LogP contribution is -2.29. The highest BCUT2D eigenvalue weighted by Crippen LogP contribution is 2.39. The lowest BCUT2D eigenvalue weighted by Gasteiger charge is -2.29. The standard InChI is InChI=1S/C14H17N3O2S/c1-8-16-17-14(19-8)20-12-6-4-9-3-5-10(18-2)7-11(9)13(12)15/h3,5,7,12-13H,4,6,15H2,1-2H3. The number of thioether (sulfide) groups is 1. The van der Waals surface area contributed by atoms with Crippen molar-refractivity contribution in [3.63, 3.8) is 0 Å². The summed E-state index contributed by atoms with van der Waals surface area (Å²) in [6, 6.07) is 6.07. The smallest absolute Gasteiger partial charge is 0.276 e. The number of aromatic nitrogens is 2. The Morgan fingerprint density at radius 2 is 2.25 bits per heavy atom. The van der Waals surface area contributed by atoms with Gasteiger partial charge in [-0.25, -0.2) is 0 Å². The van der Waals surface area contributed by atoms with Gasteiger partial charge in [-0.2, -0.15) is 0 Å². The van der Waals surface area contributed by atoms with E-state index in [1.807, 2.05) is 12.1 Å². The van der Waals surface area contributed by atoms with Gasteiger partial charge in [0.2, 0.25) is 5.89 Å². The van der Waals surface area contributed by atoms with Crippen LogP contribution < -0.4 is 10.5 Å². The summed E-state index contributed by atoms with van der Waals surface area (Å²) < 4.78 is 10.7. The zero-order valence-electron chi connectivity index (χ0n) is 11.5. The van der Waals surface area contributed by atoms with Gasteiger partial charge < -0.3 is 14.9 Å². The highest BCUT2D eigenvalue weighted by Gasteiger charge is 2.29. The van der Waals surface area contributed by atoms with Crippen molar-refractivity contribution in [1.82, 2.24) is 10.2 Å². The normalized spacial score (nSPS) is 21.6. The van der Waals surface area contributed by atoms with E-state index in [1.165, 1.54) is 5.56 Å². The number of hydrogen-bond acceptors (Lipinski definition) is 6. The molecule has 0 fully saturated rings. The van der Waals surface area contributed by atoms with Crippen molar-refractivity contribution in [2.75, 3.05) is 7.11 Å². The summed E-state index contributed by atoms with van der Waals surface area (Å²) in [6.07, 6.45) is 2.02. The van der Waals surface area contributed by atoms with Crippen LogP contribution in [0.1, 0.15) is 29.5 Å². The maximum atomic E-state index is 6.40. The molecule has 0 radical (unpaired) electrons. The summed E-state index contributed by atoms with van der Waals surface area (Å²) in [5.74, 6) is 1.43. The second-order valence-electron chi connectivity index (χ2n) is 4.87. The molecular weight excluding hydrogens is 274 g/mol. The van der Waals surface area contributed by atoms with Crippen LogP contribution in [0.25, 0.3) is 0 Å². The number of nitrogens with two attached hydrogens (primary N) is 1. The van der Waals surface area contributed by atoms with Crippen molar-refractivity contribution in [3.05, 3.63) is 35.2 Å². The van der Waals surface area contributed by atoms with Crippen molar-refractivity contribution in [2.24, 2.45) is 5.73 Å². The van der Waals surface area contributed by atoms with Gasteiger partial charge in [-0.05, 0) is 36.1 Å². The monoisotopic (exact) mass is 291 g/mol. The first-order valence-electron chi connectivity index (χ1n) is 6.56. The predicted octanol–water partition coefficient (Wildman–Crippen LogP) is 2.49. The number of fused-ring (bicyclic) bond motifs is 1. The van der Waals surface area contributed by atoms with E-state index in [2.05, 4.69) is 16.3 Å². The number of methoxy groups -OCH3 is 1. The molecule has 0 bridgehead atoms. The minimum atomic E-state index is -0.0499. The van der Waals surface area contributed by atoms with Gasteiger partial charge in [-0.3, -0.25) is 0 Å². The molecule has 1 aliphatic rings. The number of aryl methyl sites for hydroxylation is 2. The summed E-state index contributed by atoms with van der Waals surface area (Å²) in [5.41, 5.74) is 8.86. The molecule has 20 heavy (non-hydrogen) atoms. The van der Waals surface area contributed by atoms with E-state index in [4.69, 9.17) is 14.9 Å². The molecule has 2 atom stereocenters. The minimum absolute atomic E-state index is 0.0499. The third kappa shape index (κ3) is 2.53. The fraction of sp³-hybridized carbons (Fsp3) is 0.429. The molecule has 5 nitrogen and oxygen atoms in total. The van der Waals surface area contributed by atoms with Crippen molar-refractivity contribution < 1.29 is 9.15 Å². The SMILES string of the molecule is COc1ccc2c(c1)C(N)C(Sc1nnc(C)o1)CC2. The predicted molar refractivity (Wildman–Crippen MR) is 76.9 cm³/mol. The molecule has 1 aromatic carbocycles. The van der Waals surface area contributed by atoms with Crippen LogP contribution in [-0.4, -0.2) is 22.6 Å². The molecule has 0 aliphatic heterocycles. The number of hydrogen-bond donors (Lipinski definition) is 1. The average molecular weight is 291 g/mol. The molecule has 1 aromatic heterocycles. The summed E-state index contributed by atoms with van der Waals surface area (Å²) in [4.78, 5) is 0. The van der Waals surface area contributed by atoms with Gasteiger partial charge in [-0.1, -0.05) is 17.8 Å². The molecule has 0 spiro atoms. The van der Waals surface area contributed by atoms with Gasteiger partial charge in [0.1, 0.15) is 5.75 Å². The van der Waals surface area contributed by atoms with Gasteiger partial charge in [0, 0.05) is 18.2 Å². The van der Waals surface area contributed by atoms with Gasteiger partial charge >= 0.3 is 0 Å². The molecule has 106 valence electrons. The topological polar surface area (TPSA) is 74.2 Å². The summed E-state index contributed by atoms with van der Waals surface area (Å²) >= 11 is 1.56. The van der Waals surface area contributed by atoms with Gasteiger partial charge in [0.15, 0.2) is 0 Å². The Morgan fingerprint density at radius 3 is 2.95 bits per heavy atom. The fourth-order valence-electron chi connectivity index (χ4n) is 2.50. The van der Waals surface area contributed by atoms with Crippen LogP contribution in [-0.2, 0) is 6.42 Å². The fourth-order valence-corrected chi connectivity index (χ4v) is 3.55. The van der Waals surface area contributed by atoms with Crippen LogP contribution in [0, 0.1) is 6.92 Å². The molecule has 1 heterocycles. The van der Waals surface area contributed by atoms with Crippen molar-refractivity contribution in [1.29, 1.82) is 0 Å². The molecule has 0 saturated carbocycles. The van der Waals surface area contributed by atoms with Crippen molar-refractivity contribution >= 4 is 11.8 Å². The third-order valence-electron chi connectivity index (χ3n) is 3.57. The Morgan fingerprint density at radius 1 is 1.40 bits per heavy atom. The second kappa shape index (κ2) is 5.46. The van der Waals surface area contributed by atoms with E-state index in [0.29, 0.717) is 11.1 Å². The van der Waals surface area contributed by atoms with Crippen LogP contribution in [0.3, 0.4) is 0 Å². The molecule has 2 N–H and O–H groups in total. The van der Waals surface area contributed by atoms with Crippen LogP contribution >= 0.6 is 11.8 Å². The largest absolute Gasteiger partial charge is 0.497 e. The Hall–Kier alpha value is -1.53. The van der Waals surface area contributed by atoms with E-state index in [1.54, 1.807) is 25.8 Å². The van der Waals surface area contributed by atoms with Crippen LogP contribution in [0.2, 0.25) is 0 Å². The molecule has 0 amide bonds. The van der Waals surface area contributed by atoms with Gasteiger partial charge in [0.25, 0.3) is 5.22 Å². The second-order valence-corrected chi connectivity index (χ2v) is 6.06. The van der Waals surface area contributed by atoms with E-state index >= 15 is 0 Å². The first kappa shape index (κ1) is 13.5. The van der Waals surface area contributed by atoms with Crippen LogP contribution in [0.4, 0.5) is 0 Å². The number of benzene rings is 1. The zero-order valence-corrected chi connectivity index (χ0v) is 12.3. The number of ether oxygens (including phenoxy) is 1. The van der Waals surface area contributed by atoms with Gasteiger partial charge in [-0.15, -0.1) is 10.2 Å². The van der Waals surface area contributed by atoms with Crippen LogP contribution in [0.15, 0.2) is 27.8 Å². The highest BCUT2D eigenvalue weighted by atomic mass is 32.2. The Bertz CT molecular complexity index is 614. The van der Waals surface area contributed by atoms with E-state index < -0.39 is 0 Å².